The van der Waals surface area contributed by atoms with Gasteiger partial charge in [-0.15, -0.1) is 0 Å². The lowest BCUT2D eigenvalue weighted by atomic mass is 9.68. The molecule has 2 aliphatic carbocycles. The first-order valence-electron chi connectivity index (χ1n) is 11.6. The SMILES string of the molecule is CCC=CCCC1CCC(C2CCC(c3cc(F)c(OC(F)F)c(F)c3)CC2)CC1. The van der Waals surface area contributed by atoms with Gasteiger partial charge in [0.2, 0.25) is 0 Å². The summed E-state index contributed by atoms with van der Waals surface area (Å²) in [6.07, 6.45) is 17.4. The second-order valence-electron chi connectivity index (χ2n) is 9.04. The highest BCUT2D eigenvalue weighted by molar-refractivity contribution is 5.33. The van der Waals surface area contributed by atoms with Crippen LogP contribution in [0.5, 0.6) is 5.75 Å². The van der Waals surface area contributed by atoms with Crippen molar-refractivity contribution >= 4 is 0 Å². The van der Waals surface area contributed by atoms with E-state index in [1.54, 1.807) is 0 Å². The van der Waals surface area contributed by atoms with E-state index in [1.807, 2.05) is 0 Å². The smallest absolute Gasteiger partial charge is 0.387 e. The lowest BCUT2D eigenvalue weighted by molar-refractivity contribution is -0.0546. The molecule has 3 rings (SSSR count). The Bertz CT molecular complexity index is 663. The van der Waals surface area contributed by atoms with Crippen molar-refractivity contribution in [2.24, 2.45) is 17.8 Å². The van der Waals surface area contributed by atoms with Crippen molar-refractivity contribution in [1.29, 1.82) is 0 Å². The topological polar surface area (TPSA) is 9.23 Å². The van der Waals surface area contributed by atoms with E-state index in [0.717, 1.165) is 43.9 Å². The minimum absolute atomic E-state index is 0.0903. The van der Waals surface area contributed by atoms with Crippen LogP contribution in [0.25, 0.3) is 0 Å². The molecule has 0 saturated heterocycles. The van der Waals surface area contributed by atoms with Crippen LogP contribution in [-0.4, -0.2) is 6.61 Å². The van der Waals surface area contributed by atoms with Gasteiger partial charge in [-0.3, -0.25) is 0 Å². The predicted molar refractivity (Wildman–Crippen MR) is 112 cm³/mol. The molecule has 5 heteroatoms. The summed E-state index contributed by atoms with van der Waals surface area (Å²) in [7, 11) is 0. The lowest BCUT2D eigenvalue weighted by Gasteiger charge is -2.38. The molecule has 168 valence electrons. The Balaban J connectivity index is 1.47. The van der Waals surface area contributed by atoms with E-state index in [-0.39, 0.29) is 5.92 Å². The summed E-state index contributed by atoms with van der Waals surface area (Å²) in [6, 6.07) is 2.34. The van der Waals surface area contributed by atoms with Crippen LogP contribution in [0.15, 0.2) is 24.3 Å². The molecule has 2 fully saturated rings. The van der Waals surface area contributed by atoms with Gasteiger partial charge in [0.25, 0.3) is 0 Å². The Hall–Kier alpha value is -1.52. The zero-order chi connectivity index (χ0) is 21.5. The van der Waals surface area contributed by atoms with E-state index in [9.17, 15) is 17.6 Å². The maximum Gasteiger partial charge on any atom is 0.387 e. The Labute approximate surface area is 177 Å². The second-order valence-corrected chi connectivity index (χ2v) is 9.04. The molecule has 0 spiro atoms. The number of ether oxygens (including phenoxy) is 1. The van der Waals surface area contributed by atoms with Gasteiger partial charge in [-0.2, -0.15) is 8.78 Å². The summed E-state index contributed by atoms with van der Waals surface area (Å²) < 4.78 is 56.7. The zero-order valence-electron chi connectivity index (χ0n) is 17.9. The highest BCUT2D eigenvalue weighted by atomic mass is 19.3. The maximum atomic E-state index is 14.1. The van der Waals surface area contributed by atoms with Gasteiger partial charge in [-0.1, -0.05) is 31.9 Å². The third-order valence-corrected chi connectivity index (χ3v) is 7.17. The predicted octanol–water partition coefficient (Wildman–Crippen LogP) is 8.39. The van der Waals surface area contributed by atoms with Crippen LogP contribution < -0.4 is 4.74 Å². The van der Waals surface area contributed by atoms with Gasteiger partial charge < -0.3 is 4.74 Å². The largest absolute Gasteiger partial charge is 0.429 e. The van der Waals surface area contributed by atoms with Crippen LogP contribution in [0.2, 0.25) is 0 Å². The van der Waals surface area contributed by atoms with Gasteiger partial charge in [0.1, 0.15) is 0 Å². The van der Waals surface area contributed by atoms with Gasteiger partial charge in [0, 0.05) is 0 Å². The molecule has 1 aromatic carbocycles. The number of benzene rings is 1. The van der Waals surface area contributed by atoms with Crippen molar-refractivity contribution in [3.63, 3.8) is 0 Å². The van der Waals surface area contributed by atoms with Crippen molar-refractivity contribution in [1.82, 2.24) is 0 Å². The maximum absolute atomic E-state index is 14.1. The van der Waals surface area contributed by atoms with Crippen molar-refractivity contribution in [2.75, 3.05) is 0 Å². The summed E-state index contributed by atoms with van der Waals surface area (Å²) >= 11 is 0. The van der Waals surface area contributed by atoms with E-state index in [0.29, 0.717) is 11.5 Å². The molecule has 0 aliphatic heterocycles. The molecule has 0 amide bonds. The number of hydrogen-bond acceptors (Lipinski definition) is 1. The van der Waals surface area contributed by atoms with Gasteiger partial charge in [0.05, 0.1) is 0 Å². The van der Waals surface area contributed by atoms with Crippen LogP contribution >= 0.6 is 0 Å². The fraction of sp³-hybridized carbons (Fsp3) is 0.680. The molecule has 0 aromatic heterocycles. The van der Waals surface area contributed by atoms with E-state index in [4.69, 9.17) is 0 Å². The minimum atomic E-state index is -3.24. The Morgan fingerprint density at radius 1 is 0.900 bits per heavy atom. The summed E-state index contributed by atoms with van der Waals surface area (Å²) in [5.74, 6) is -0.628. The van der Waals surface area contributed by atoms with Gasteiger partial charge in [-0.25, -0.2) is 8.78 Å². The Morgan fingerprint density at radius 2 is 1.47 bits per heavy atom. The molecule has 1 aromatic rings. The quantitative estimate of drug-likeness (QED) is 0.299. The minimum Gasteiger partial charge on any atom is -0.429 e. The van der Waals surface area contributed by atoms with Crippen molar-refractivity contribution in [3.05, 3.63) is 41.5 Å². The first kappa shape index (κ1) is 23.1. The fourth-order valence-corrected chi connectivity index (χ4v) is 5.51. The molecule has 1 nitrogen and oxygen atoms in total. The van der Waals surface area contributed by atoms with E-state index < -0.39 is 24.0 Å². The lowest BCUT2D eigenvalue weighted by Crippen LogP contribution is -2.25. The molecule has 2 saturated carbocycles. The Morgan fingerprint density at radius 3 is 2.00 bits per heavy atom. The third kappa shape index (κ3) is 6.24. The van der Waals surface area contributed by atoms with Crippen LogP contribution in [0.4, 0.5) is 17.6 Å². The van der Waals surface area contributed by atoms with Crippen LogP contribution in [-0.2, 0) is 0 Å². The number of hydrogen-bond donors (Lipinski definition) is 0. The molecular weight excluding hydrogens is 392 g/mol. The average Bonchev–Trinajstić information content (AvgIpc) is 2.74. The van der Waals surface area contributed by atoms with E-state index >= 15 is 0 Å². The zero-order valence-corrected chi connectivity index (χ0v) is 17.9. The summed E-state index contributed by atoms with van der Waals surface area (Å²) in [5.41, 5.74) is 0.564. The van der Waals surface area contributed by atoms with Crippen molar-refractivity contribution in [2.45, 2.75) is 90.1 Å². The standard InChI is InChI=1S/C25H34F4O/c1-2-3-4-5-6-17-7-9-18(10-8-17)19-11-13-20(14-12-19)21-15-22(26)24(23(27)16-21)30-25(28)29/h3-4,15-20,25H,2,5-14H2,1H3. The third-order valence-electron chi connectivity index (χ3n) is 7.17. The number of rotatable bonds is 8. The Kier molecular flexibility index (Phi) is 8.64. The first-order valence-corrected chi connectivity index (χ1v) is 11.6. The number of halogens is 4. The normalized spacial score (nSPS) is 27.7. The van der Waals surface area contributed by atoms with Crippen molar-refractivity contribution in [3.8, 4) is 5.75 Å². The van der Waals surface area contributed by atoms with Gasteiger partial charge >= 0.3 is 6.61 Å². The molecule has 0 radical (unpaired) electrons. The van der Waals surface area contributed by atoms with Crippen LogP contribution in [0.3, 0.4) is 0 Å². The highest BCUT2D eigenvalue weighted by Crippen LogP contribution is 2.45. The van der Waals surface area contributed by atoms with E-state index in [1.165, 1.54) is 50.7 Å². The average molecular weight is 427 g/mol. The molecule has 0 heterocycles. The molecule has 2 aliphatic rings. The molecule has 0 bridgehead atoms. The summed E-state index contributed by atoms with van der Waals surface area (Å²) in [5, 5.41) is 0. The molecule has 0 N–H and O–H groups in total. The van der Waals surface area contributed by atoms with Crippen LogP contribution in [0, 0.1) is 29.4 Å². The van der Waals surface area contributed by atoms with Crippen molar-refractivity contribution < 1.29 is 22.3 Å². The highest BCUT2D eigenvalue weighted by Gasteiger charge is 2.31. The van der Waals surface area contributed by atoms with Gasteiger partial charge in [0.15, 0.2) is 17.4 Å². The summed E-state index contributed by atoms with van der Waals surface area (Å²) in [4.78, 5) is 0. The van der Waals surface area contributed by atoms with Gasteiger partial charge in [-0.05, 0) is 99.2 Å². The fourth-order valence-electron chi connectivity index (χ4n) is 5.51. The van der Waals surface area contributed by atoms with Crippen LogP contribution in [0.1, 0.15) is 89.0 Å². The molecule has 30 heavy (non-hydrogen) atoms. The molecule has 0 unspecified atom stereocenters. The second kappa shape index (κ2) is 11.2. The molecular formula is C25H34F4O. The van der Waals surface area contributed by atoms with E-state index in [2.05, 4.69) is 23.8 Å². The number of allylic oxidation sites excluding steroid dienone is 2. The monoisotopic (exact) mass is 426 g/mol. The first-order chi connectivity index (χ1) is 14.5. The number of alkyl halides is 2. The molecule has 0 atom stereocenters. The summed E-state index contributed by atoms with van der Waals surface area (Å²) in [6.45, 7) is -1.07.